The monoisotopic (exact) mass is 394 g/mol. The molecule has 0 aromatic heterocycles. The highest BCUT2D eigenvalue weighted by Crippen LogP contribution is 2.40. The first-order valence-corrected chi connectivity index (χ1v) is 10.7. The fraction of sp³-hybridized carbons (Fsp3) is 0.480. The van der Waals surface area contributed by atoms with Crippen LogP contribution in [0.25, 0.3) is 0 Å². The fourth-order valence-electron chi connectivity index (χ4n) is 4.61. The molecule has 4 atom stereocenters. The van der Waals surface area contributed by atoms with Crippen LogP contribution in [0.1, 0.15) is 49.8 Å². The second-order valence-corrected chi connectivity index (χ2v) is 8.69. The molecule has 156 valence electrons. The Kier molecular flexibility index (Phi) is 6.96. The Hall–Kier alpha value is -2.33. The van der Waals surface area contributed by atoms with E-state index in [-0.39, 0.29) is 17.9 Å². The average Bonchev–Trinajstić information content (AvgIpc) is 2.71. The smallest absolute Gasteiger partial charge is 0.229 e. The summed E-state index contributed by atoms with van der Waals surface area (Å²) >= 11 is 0. The zero-order chi connectivity index (χ0) is 21.0. The number of phenolic OH excluding ortho intramolecular Hbond substituents is 1. The van der Waals surface area contributed by atoms with Gasteiger partial charge in [0.05, 0.1) is 5.92 Å². The number of rotatable bonds is 6. The zero-order valence-corrected chi connectivity index (χ0v) is 18.1. The van der Waals surface area contributed by atoms with Crippen molar-refractivity contribution in [1.82, 2.24) is 9.80 Å². The van der Waals surface area contributed by atoms with E-state index < -0.39 is 0 Å². The number of hydrogen-bond acceptors (Lipinski definition) is 3. The van der Waals surface area contributed by atoms with Gasteiger partial charge in [0, 0.05) is 20.1 Å². The number of likely N-dealkylation sites (tertiary alicyclic amines) is 1. The second kappa shape index (κ2) is 9.45. The highest BCUT2D eigenvalue weighted by Gasteiger charge is 2.35. The molecule has 1 amide bonds. The molecule has 0 spiro atoms. The predicted octanol–water partition coefficient (Wildman–Crippen LogP) is 4.67. The molecule has 4 heteroatoms. The minimum absolute atomic E-state index is 0.134. The van der Waals surface area contributed by atoms with E-state index in [0.717, 1.165) is 31.5 Å². The van der Waals surface area contributed by atoms with Gasteiger partial charge in [-0.2, -0.15) is 0 Å². The highest BCUT2D eigenvalue weighted by molar-refractivity contribution is 5.83. The van der Waals surface area contributed by atoms with Crippen LogP contribution in [0.2, 0.25) is 0 Å². The van der Waals surface area contributed by atoms with Crippen LogP contribution in [0, 0.1) is 11.8 Å². The Bertz CT molecular complexity index is 805. The first kappa shape index (κ1) is 21.4. The van der Waals surface area contributed by atoms with E-state index >= 15 is 0 Å². The van der Waals surface area contributed by atoms with Gasteiger partial charge in [-0.3, -0.25) is 9.69 Å². The Morgan fingerprint density at radius 3 is 2.52 bits per heavy atom. The van der Waals surface area contributed by atoms with Crippen molar-refractivity contribution in [3.63, 3.8) is 0 Å². The third-order valence-corrected chi connectivity index (χ3v) is 6.52. The van der Waals surface area contributed by atoms with E-state index in [2.05, 4.69) is 36.9 Å². The van der Waals surface area contributed by atoms with Gasteiger partial charge in [-0.1, -0.05) is 56.3 Å². The largest absolute Gasteiger partial charge is 0.508 e. The maximum absolute atomic E-state index is 12.9. The molecule has 1 heterocycles. The van der Waals surface area contributed by atoms with Crippen LogP contribution in [0.4, 0.5) is 0 Å². The van der Waals surface area contributed by atoms with E-state index in [9.17, 15) is 9.90 Å². The summed E-state index contributed by atoms with van der Waals surface area (Å²) in [7, 11) is 3.66. The lowest BCUT2D eigenvalue weighted by molar-refractivity contribution is -0.130. The average molecular weight is 395 g/mol. The fourth-order valence-corrected chi connectivity index (χ4v) is 4.61. The molecule has 2 aromatic rings. The zero-order valence-electron chi connectivity index (χ0n) is 18.1. The van der Waals surface area contributed by atoms with Gasteiger partial charge in [-0.05, 0) is 61.0 Å². The lowest BCUT2D eigenvalue weighted by Crippen LogP contribution is -2.43. The van der Waals surface area contributed by atoms with Crippen LogP contribution < -0.4 is 0 Å². The first-order chi connectivity index (χ1) is 13.9. The molecule has 1 aliphatic heterocycles. The minimum atomic E-state index is -0.134. The van der Waals surface area contributed by atoms with Gasteiger partial charge in [0.2, 0.25) is 5.91 Å². The van der Waals surface area contributed by atoms with Crippen LogP contribution in [0.3, 0.4) is 0 Å². The Balaban J connectivity index is 1.82. The molecule has 1 fully saturated rings. The van der Waals surface area contributed by atoms with E-state index in [0.29, 0.717) is 17.6 Å². The van der Waals surface area contributed by atoms with Gasteiger partial charge in [-0.25, -0.2) is 0 Å². The molecule has 1 N–H and O–H groups in total. The molecule has 0 aliphatic carbocycles. The topological polar surface area (TPSA) is 43.8 Å². The van der Waals surface area contributed by atoms with Crippen molar-refractivity contribution in [3.8, 4) is 5.75 Å². The molecule has 0 bridgehead atoms. The summed E-state index contributed by atoms with van der Waals surface area (Å²) in [6.45, 7) is 6.51. The highest BCUT2D eigenvalue weighted by atomic mass is 16.3. The van der Waals surface area contributed by atoms with Crippen molar-refractivity contribution in [2.45, 2.75) is 38.6 Å². The molecule has 2 unspecified atom stereocenters. The molecule has 3 rings (SSSR count). The van der Waals surface area contributed by atoms with Gasteiger partial charge < -0.3 is 10.0 Å². The van der Waals surface area contributed by atoms with Crippen LogP contribution in [0.15, 0.2) is 54.6 Å². The number of likely N-dealkylation sites (N-methyl/N-ethyl adjacent to an activating group) is 1. The summed E-state index contributed by atoms with van der Waals surface area (Å²) in [6.07, 6.45) is 1.95. The number of hydrogen-bond donors (Lipinski definition) is 1. The van der Waals surface area contributed by atoms with Crippen LogP contribution in [-0.4, -0.2) is 48.0 Å². The number of phenols is 1. The number of carbonyl (C=O) groups is 1. The van der Waals surface area contributed by atoms with Crippen LogP contribution >= 0.6 is 0 Å². The van der Waals surface area contributed by atoms with E-state index in [1.807, 2.05) is 44.4 Å². The van der Waals surface area contributed by atoms with Crippen molar-refractivity contribution < 1.29 is 9.90 Å². The van der Waals surface area contributed by atoms with Crippen LogP contribution in [0.5, 0.6) is 5.75 Å². The summed E-state index contributed by atoms with van der Waals surface area (Å²) in [6, 6.07) is 18.0. The molecule has 2 aromatic carbocycles. The molecule has 0 saturated carbocycles. The maximum Gasteiger partial charge on any atom is 0.229 e. The Morgan fingerprint density at radius 1 is 1.14 bits per heavy atom. The number of nitrogens with zero attached hydrogens (tertiary/aromatic N) is 2. The number of amides is 1. The standard InChI is InChI=1S/C25H34N2O2/c1-18-13-15-27(24(19(18)2)21-11-8-12-22(28)17-21)16-14-23(25(29)26(3)4)20-9-6-5-7-10-20/h5-12,17-19,23-24,28H,13-16H2,1-4H3/t18?,19-,23?,24-/m0/s1. The van der Waals surface area contributed by atoms with Gasteiger partial charge in [0.15, 0.2) is 0 Å². The lowest BCUT2D eigenvalue weighted by Gasteiger charge is -2.44. The second-order valence-electron chi connectivity index (χ2n) is 8.69. The SMILES string of the molecule is CC1CCN(CCC(C(=O)N(C)C)c2ccccc2)[C@H](c2cccc(O)c2)[C@H]1C. The maximum atomic E-state index is 12.9. The van der Waals surface area contributed by atoms with Gasteiger partial charge in [0.1, 0.15) is 5.75 Å². The summed E-state index contributed by atoms with van der Waals surface area (Å²) in [5.74, 6) is 1.46. The lowest BCUT2D eigenvalue weighted by atomic mass is 9.78. The van der Waals surface area contributed by atoms with Crippen molar-refractivity contribution >= 4 is 5.91 Å². The molecule has 0 radical (unpaired) electrons. The van der Waals surface area contributed by atoms with Crippen molar-refractivity contribution in [1.29, 1.82) is 0 Å². The summed E-state index contributed by atoms with van der Waals surface area (Å²) in [4.78, 5) is 17.1. The van der Waals surface area contributed by atoms with Gasteiger partial charge >= 0.3 is 0 Å². The van der Waals surface area contributed by atoms with Gasteiger partial charge in [0.25, 0.3) is 0 Å². The quantitative estimate of drug-likeness (QED) is 0.774. The van der Waals surface area contributed by atoms with Crippen molar-refractivity contribution in [3.05, 3.63) is 65.7 Å². The van der Waals surface area contributed by atoms with Crippen LogP contribution in [-0.2, 0) is 4.79 Å². The molecule has 29 heavy (non-hydrogen) atoms. The third kappa shape index (κ3) is 4.99. The van der Waals surface area contributed by atoms with Crippen molar-refractivity contribution in [2.24, 2.45) is 11.8 Å². The molecular formula is C25H34N2O2. The van der Waals surface area contributed by atoms with E-state index in [4.69, 9.17) is 0 Å². The van der Waals surface area contributed by atoms with Gasteiger partial charge in [-0.15, -0.1) is 0 Å². The van der Waals surface area contributed by atoms with Crippen molar-refractivity contribution in [2.75, 3.05) is 27.2 Å². The first-order valence-electron chi connectivity index (χ1n) is 10.7. The minimum Gasteiger partial charge on any atom is -0.508 e. The number of carbonyl (C=O) groups excluding carboxylic acids is 1. The summed E-state index contributed by atoms with van der Waals surface area (Å²) in [5, 5.41) is 10.0. The summed E-state index contributed by atoms with van der Waals surface area (Å²) in [5.41, 5.74) is 2.25. The Morgan fingerprint density at radius 2 is 1.86 bits per heavy atom. The molecular weight excluding hydrogens is 360 g/mol. The molecule has 1 saturated heterocycles. The third-order valence-electron chi connectivity index (χ3n) is 6.52. The number of aromatic hydroxyl groups is 1. The molecule has 1 aliphatic rings. The van der Waals surface area contributed by atoms with E-state index in [1.54, 1.807) is 11.0 Å². The molecule has 4 nitrogen and oxygen atoms in total. The number of benzene rings is 2. The summed E-state index contributed by atoms with van der Waals surface area (Å²) < 4.78 is 0. The Labute approximate surface area is 175 Å². The normalized spacial score (nSPS) is 23.5. The van der Waals surface area contributed by atoms with E-state index in [1.165, 1.54) is 5.56 Å². The number of piperidine rings is 1. The predicted molar refractivity (Wildman–Crippen MR) is 118 cm³/mol.